The van der Waals surface area contributed by atoms with Crippen molar-refractivity contribution in [1.82, 2.24) is 24.7 Å². The van der Waals surface area contributed by atoms with E-state index in [0.717, 1.165) is 5.69 Å². The van der Waals surface area contributed by atoms with Crippen LogP contribution in [-0.4, -0.2) is 30.7 Å². The van der Waals surface area contributed by atoms with Crippen molar-refractivity contribution in [1.29, 1.82) is 0 Å². The lowest BCUT2D eigenvalue weighted by Crippen LogP contribution is -2.11. The summed E-state index contributed by atoms with van der Waals surface area (Å²) in [7, 11) is 1.75. The van der Waals surface area contributed by atoms with Crippen LogP contribution < -0.4 is 11.1 Å². The summed E-state index contributed by atoms with van der Waals surface area (Å²) in [5, 5.41) is 7.03. The fourth-order valence-corrected chi connectivity index (χ4v) is 2.12. The quantitative estimate of drug-likeness (QED) is 0.672. The van der Waals surface area contributed by atoms with Crippen LogP contribution in [0.3, 0.4) is 0 Å². The minimum atomic E-state index is -0.498. The van der Waals surface area contributed by atoms with Gasteiger partial charge < -0.3 is 15.8 Å². The summed E-state index contributed by atoms with van der Waals surface area (Å²) in [5.74, 6) is 0.0716. The molecule has 25 heavy (non-hydrogen) atoms. The van der Waals surface area contributed by atoms with Gasteiger partial charge in [0.05, 0.1) is 6.20 Å². The van der Waals surface area contributed by atoms with Crippen molar-refractivity contribution in [2.45, 2.75) is 13.5 Å². The average Bonchev–Trinajstić information content (AvgIpc) is 2.92. The van der Waals surface area contributed by atoms with E-state index in [1.165, 1.54) is 6.20 Å². The van der Waals surface area contributed by atoms with Gasteiger partial charge in [0.15, 0.2) is 12.4 Å². The van der Waals surface area contributed by atoms with Crippen molar-refractivity contribution < 1.29 is 9.53 Å². The number of hydrogen-bond acceptors (Lipinski definition) is 8. The highest BCUT2D eigenvalue weighted by Gasteiger charge is 2.15. The van der Waals surface area contributed by atoms with Gasteiger partial charge in [-0.05, 0) is 19.1 Å². The van der Waals surface area contributed by atoms with E-state index in [2.05, 4.69) is 25.4 Å². The van der Waals surface area contributed by atoms with Crippen LogP contribution in [-0.2, 0) is 18.4 Å². The highest BCUT2D eigenvalue weighted by molar-refractivity contribution is 5.90. The third-order valence-corrected chi connectivity index (χ3v) is 3.52. The van der Waals surface area contributed by atoms with Crippen molar-refractivity contribution in [3.05, 3.63) is 53.6 Å². The molecule has 0 atom stereocenters. The molecule has 9 heteroatoms. The molecular weight excluding hydrogens is 322 g/mol. The molecule has 0 spiro atoms. The topological polar surface area (TPSA) is 121 Å². The molecule has 0 radical (unpaired) electrons. The number of esters is 1. The number of anilines is 3. The van der Waals surface area contributed by atoms with Crippen LogP contribution in [0.5, 0.6) is 0 Å². The van der Waals surface area contributed by atoms with Crippen molar-refractivity contribution in [3.8, 4) is 0 Å². The predicted molar refractivity (Wildman–Crippen MR) is 91.0 cm³/mol. The zero-order valence-corrected chi connectivity index (χ0v) is 13.8. The molecule has 2 heterocycles. The second-order valence-corrected chi connectivity index (χ2v) is 5.27. The van der Waals surface area contributed by atoms with Crippen molar-refractivity contribution in [2.24, 2.45) is 7.05 Å². The molecule has 0 saturated carbocycles. The molecule has 0 unspecified atom stereocenters. The van der Waals surface area contributed by atoms with E-state index in [0.29, 0.717) is 11.3 Å². The van der Waals surface area contributed by atoms with Gasteiger partial charge in [-0.15, -0.1) is 0 Å². The summed E-state index contributed by atoms with van der Waals surface area (Å²) >= 11 is 0. The Bertz CT molecular complexity index is 893. The van der Waals surface area contributed by atoms with E-state index in [-0.39, 0.29) is 24.3 Å². The molecule has 128 valence electrons. The van der Waals surface area contributed by atoms with E-state index < -0.39 is 5.97 Å². The average molecular weight is 339 g/mol. The molecule has 9 nitrogen and oxygen atoms in total. The Labute approximate surface area is 143 Å². The largest absolute Gasteiger partial charge is 0.454 e. The zero-order valence-electron chi connectivity index (χ0n) is 13.8. The molecule has 0 bridgehead atoms. The molecular formula is C16H17N7O2. The molecule has 0 aliphatic rings. The molecule has 0 fully saturated rings. The first kappa shape index (κ1) is 16.4. The smallest absolute Gasteiger partial charge is 0.342 e. The Balaban J connectivity index is 1.70. The van der Waals surface area contributed by atoms with Gasteiger partial charge in [-0.2, -0.15) is 20.1 Å². The first-order valence-corrected chi connectivity index (χ1v) is 7.51. The summed E-state index contributed by atoms with van der Waals surface area (Å²) in [6, 6.07) is 9.39. The number of aryl methyl sites for hydroxylation is 1. The number of nitrogens with one attached hydrogen (secondary N) is 1. The van der Waals surface area contributed by atoms with E-state index >= 15 is 0 Å². The van der Waals surface area contributed by atoms with Crippen molar-refractivity contribution in [3.63, 3.8) is 0 Å². The lowest BCUT2D eigenvalue weighted by Gasteiger charge is -2.08. The van der Waals surface area contributed by atoms with Gasteiger partial charge in [0.25, 0.3) is 0 Å². The molecule has 1 aromatic carbocycles. The SMILES string of the molecule is Cc1c(C(=O)OCc2nc(N)nc(Nc3ccccc3)n2)cnn1C. The number of carbonyl (C=O) groups is 1. The minimum Gasteiger partial charge on any atom is -0.454 e. The first-order valence-electron chi connectivity index (χ1n) is 7.51. The Morgan fingerprint density at radius 1 is 1.24 bits per heavy atom. The molecule has 0 aliphatic heterocycles. The van der Waals surface area contributed by atoms with E-state index in [1.54, 1.807) is 18.7 Å². The summed E-state index contributed by atoms with van der Waals surface area (Å²) in [4.78, 5) is 24.3. The molecule has 3 N–H and O–H groups in total. The number of carbonyl (C=O) groups excluding carboxylic acids is 1. The highest BCUT2D eigenvalue weighted by atomic mass is 16.5. The van der Waals surface area contributed by atoms with Gasteiger partial charge in [-0.3, -0.25) is 4.68 Å². The molecule has 2 aromatic heterocycles. The van der Waals surface area contributed by atoms with Crippen LogP contribution in [0.1, 0.15) is 21.9 Å². The number of ether oxygens (including phenoxy) is 1. The van der Waals surface area contributed by atoms with Gasteiger partial charge in [0.1, 0.15) is 5.56 Å². The molecule has 3 aromatic rings. The Kier molecular flexibility index (Phi) is 4.55. The molecule has 0 aliphatic carbocycles. The van der Waals surface area contributed by atoms with E-state index in [1.807, 2.05) is 30.3 Å². The lowest BCUT2D eigenvalue weighted by molar-refractivity contribution is 0.0461. The Hall–Kier alpha value is -3.49. The van der Waals surface area contributed by atoms with Gasteiger partial charge >= 0.3 is 5.97 Å². The maximum absolute atomic E-state index is 12.1. The summed E-state index contributed by atoms with van der Waals surface area (Å²) in [6.07, 6.45) is 1.46. The van der Waals surface area contributed by atoms with Crippen LogP contribution in [0, 0.1) is 6.92 Å². The van der Waals surface area contributed by atoms with Crippen LogP contribution in [0.2, 0.25) is 0 Å². The maximum atomic E-state index is 12.1. The Morgan fingerprint density at radius 3 is 2.68 bits per heavy atom. The standard InChI is InChI=1S/C16H17N7O2/c1-10-12(8-18-23(10)2)14(24)25-9-13-20-15(17)22-16(21-13)19-11-6-4-3-5-7-11/h3-8H,9H2,1-2H3,(H3,17,19,20,21,22). The van der Waals surface area contributed by atoms with Gasteiger partial charge in [-0.25, -0.2) is 4.79 Å². The predicted octanol–water partition coefficient (Wildman–Crippen LogP) is 1.60. The van der Waals surface area contributed by atoms with Crippen LogP contribution in [0.25, 0.3) is 0 Å². The number of hydrogen-bond donors (Lipinski definition) is 2. The van der Waals surface area contributed by atoms with Gasteiger partial charge in [0.2, 0.25) is 11.9 Å². The third-order valence-electron chi connectivity index (χ3n) is 3.52. The number of rotatable bonds is 5. The maximum Gasteiger partial charge on any atom is 0.342 e. The Morgan fingerprint density at radius 2 is 2.00 bits per heavy atom. The summed E-state index contributed by atoms with van der Waals surface area (Å²) in [5.41, 5.74) is 7.62. The number of nitrogens with zero attached hydrogens (tertiary/aromatic N) is 5. The number of nitrogens with two attached hydrogens (primary N) is 1. The zero-order chi connectivity index (χ0) is 17.8. The van der Waals surface area contributed by atoms with Crippen molar-refractivity contribution >= 4 is 23.6 Å². The van der Waals surface area contributed by atoms with E-state index in [4.69, 9.17) is 10.5 Å². The number of nitrogen functional groups attached to an aromatic ring is 1. The monoisotopic (exact) mass is 339 g/mol. The van der Waals surface area contributed by atoms with Crippen LogP contribution in [0.15, 0.2) is 36.5 Å². The first-order chi connectivity index (χ1) is 12.0. The molecule has 0 amide bonds. The summed E-state index contributed by atoms with van der Waals surface area (Å²) < 4.78 is 6.84. The molecule has 3 rings (SSSR count). The van der Waals surface area contributed by atoms with Gasteiger partial charge in [-0.1, -0.05) is 18.2 Å². The number of benzene rings is 1. The molecule has 0 saturated heterocycles. The normalized spacial score (nSPS) is 10.5. The lowest BCUT2D eigenvalue weighted by atomic mass is 10.3. The van der Waals surface area contributed by atoms with Crippen LogP contribution in [0.4, 0.5) is 17.6 Å². The number of aromatic nitrogens is 5. The fraction of sp³-hybridized carbons (Fsp3) is 0.188. The second-order valence-electron chi connectivity index (χ2n) is 5.27. The van der Waals surface area contributed by atoms with Crippen molar-refractivity contribution in [2.75, 3.05) is 11.1 Å². The van der Waals surface area contributed by atoms with Crippen LogP contribution >= 0.6 is 0 Å². The highest BCUT2D eigenvalue weighted by Crippen LogP contribution is 2.14. The fourth-order valence-electron chi connectivity index (χ4n) is 2.12. The number of para-hydroxylation sites is 1. The minimum absolute atomic E-state index is 0.0389. The third kappa shape index (κ3) is 3.89. The second kappa shape index (κ2) is 6.95. The van der Waals surface area contributed by atoms with E-state index in [9.17, 15) is 4.79 Å². The summed E-state index contributed by atoms with van der Waals surface area (Å²) in [6.45, 7) is 1.66. The van der Waals surface area contributed by atoms with Gasteiger partial charge in [0, 0.05) is 18.4 Å².